The van der Waals surface area contributed by atoms with Crippen molar-refractivity contribution in [3.8, 4) is 17.4 Å². The molecule has 2 aliphatic rings. The van der Waals surface area contributed by atoms with Crippen molar-refractivity contribution in [3.05, 3.63) is 60.3 Å². The molecule has 0 radical (unpaired) electrons. The zero-order chi connectivity index (χ0) is 22.6. The Hall–Kier alpha value is -4.01. The molecule has 5 rings (SSSR count). The molecule has 0 aliphatic carbocycles. The maximum atomic E-state index is 12.4. The number of anilines is 3. The van der Waals surface area contributed by atoms with Crippen molar-refractivity contribution >= 4 is 23.2 Å². The number of benzene rings is 2. The van der Waals surface area contributed by atoms with E-state index in [9.17, 15) is 4.79 Å². The zero-order valence-corrected chi connectivity index (χ0v) is 18.4. The van der Waals surface area contributed by atoms with E-state index in [1.807, 2.05) is 13.0 Å². The van der Waals surface area contributed by atoms with E-state index < -0.39 is 0 Å². The Kier molecular flexibility index (Phi) is 5.84. The number of hydrogen-bond acceptors (Lipinski definition) is 8. The van der Waals surface area contributed by atoms with Crippen LogP contribution in [0.4, 0.5) is 17.3 Å². The van der Waals surface area contributed by atoms with Gasteiger partial charge in [-0.1, -0.05) is 18.2 Å². The average molecular weight is 447 g/mol. The van der Waals surface area contributed by atoms with Gasteiger partial charge in [-0.2, -0.15) is 4.98 Å². The van der Waals surface area contributed by atoms with Gasteiger partial charge in [0.15, 0.2) is 18.1 Å². The largest absolute Gasteiger partial charge is 0.467 e. The van der Waals surface area contributed by atoms with Crippen molar-refractivity contribution in [1.29, 1.82) is 0 Å². The smallest absolute Gasteiger partial charge is 0.262 e. The van der Waals surface area contributed by atoms with Crippen molar-refractivity contribution in [2.45, 2.75) is 6.92 Å². The van der Waals surface area contributed by atoms with E-state index in [2.05, 4.69) is 49.4 Å². The first-order chi connectivity index (χ1) is 16.1. The molecule has 3 aromatic rings. The first kappa shape index (κ1) is 20.9. The number of carbonyl (C=O) groups excluding carboxylic acids is 1. The Morgan fingerprint density at radius 2 is 1.73 bits per heavy atom. The van der Waals surface area contributed by atoms with Crippen LogP contribution in [0, 0.1) is 6.92 Å². The standard InChI is InChI=1S/C24H25N5O4/c1-17-13-23(31-15-22(30)26-18-7-8-20-21(14-18)33-16-32-20)27-24(25-17)29-11-9-28(10-12-29)19-5-3-2-4-6-19/h2-8,13-14H,9-12,15-16H2,1H3,(H,26,30). The number of carbonyl (C=O) groups is 1. The SMILES string of the molecule is Cc1cc(OCC(=O)Nc2ccc3c(c2)OCO3)nc(N2CCN(c3ccccc3)CC2)n1. The Morgan fingerprint density at radius 1 is 0.970 bits per heavy atom. The Balaban J connectivity index is 1.17. The van der Waals surface area contributed by atoms with E-state index in [-0.39, 0.29) is 19.3 Å². The number of nitrogens with zero attached hydrogens (tertiary/aromatic N) is 4. The van der Waals surface area contributed by atoms with Crippen LogP contribution in [0.25, 0.3) is 0 Å². The highest BCUT2D eigenvalue weighted by Crippen LogP contribution is 2.34. The van der Waals surface area contributed by atoms with Crippen LogP contribution < -0.4 is 29.3 Å². The van der Waals surface area contributed by atoms with Crippen LogP contribution in [0.3, 0.4) is 0 Å². The number of amides is 1. The molecule has 1 aromatic heterocycles. The van der Waals surface area contributed by atoms with E-state index in [4.69, 9.17) is 14.2 Å². The van der Waals surface area contributed by atoms with E-state index in [1.165, 1.54) is 5.69 Å². The first-order valence-corrected chi connectivity index (χ1v) is 10.9. The number of para-hydroxylation sites is 1. The number of ether oxygens (including phenoxy) is 3. The molecule has 2 aliphatic heterocycles. The summed E-state index contributed by atoms with van der Waals surface area (Å²) in [5, 5.41) is 2.80. The molecule has 1 amide bonds. The van der Waals surface area contributed by atoms with Gasteiger partial charge >= 0.3 is 0 Å². The lowest BCUT2D eigenvalue weighted by molar-refractivity contribution is -0.118. The third-order valence-corrected chi connectivity index (χ3v) is 5.51. The number of fused-ring (bicyclic) bond motifs is 1. The van der Waals surface area contributed by atoms with Crippen molar-refractivity contribution in [2.75, 3.05) is 54.7 Å². The second-order valence-corrected chi connectivity index (χ2v) is 7.86. The second-order valence-electron chi connectivity index (χ2n) is 7.86. The van der Waals surface area contributed by atoms with E-state index in [0.717, 1.165) is 31.9 Å². The zero-order valence-electron chi connectivity index (χ0n) is 18.4. The molecule has 9 heteroatoms. The Morgan fingerprint density at radius 3 is 2.55 bits per heavy atom. The van der Waals surface area contributed by atoms with Gasteiger partial charge < -0.3 is 29.3 Å². The summed E-state index contributed by atoms with van der Waals surface area (Å²) in [6.07, 6.45) is 0. The monoisotopic (exact) mass is 447 g/mol. The highest BCUT2D eigenvalue weighted by molar-refractivity contribution is 5.92. The normalized spacial score (nSPS) is 14.8. The van der Waals surface area contributed by atoms with Crippen LogP contribution >= 0.6 is 0 Å². The van der Waals surface area contributed by atoms with Gasteiger partial charge in [-0.05, 0) is 31.2 Å². The molecule has 33 heavy (non-hydrogen) atoms. The molecule has 0 unspecified atom stereocenters. The first-order valence-electron chi connectivity index (χ1n) is 10.9. The molecule has 170 valence electrons. The average Bonchev–Trinajstić information content (AvgIpc) is 3.31. The minimum atomic E-state index is -0.289. The summed E-state index contributed by atoms with van der Waals surface area (Å²) in [6, 6.07) is 17.4. The predicted octanol–water partition coefficient (Wildman–Crippen LogP) is 2.86. The minimum absolute atomic E-state index is 0.161. The molecule has 1 saturated heterocycles. The molecular weight excluding hydrogens is 422 g/mol. The van der Waals surface area contributed by atoms with Gasteiger partial charge in [0.2, 0.25) is 18.6 Å². The topological polar surface area (TPSA) is 89.0 Å². The summed E-state index contributed by atoms with van der Waals surface area (Å²) >= 11 is 0. The van der Waals surface area contributed by atoms with Gasteiger partial charge in [0.1, 0.15) is 0 Å². The fourth-order valence-corrected chi connectivity index (χ4v) is 3.85. The fraction of sp³-hybridized carbons (Fsp3) is 0.292. The molecule has 0 saturated carbocycles. The summed E-state index contributed by atoms with van der Waals surface area (Å²) in [4.78, 5) is 26.0. The quantitative estimate of drug-likeness (QED) is 0.617. The highest BCUT2D eigenvalue weighted by atomic mass is 16.7. The van der Waals surface area contributed by atoms with Crippen molar-refractivity contribution in [2.24, 2.45) is 0 Å². The molecule has 1 fully saturated rings. The predicted molar refractivity (Wildman–Crippen MR) is 124 cm³/mol. The molecular formula is C24H25N5O4. The van der Waals surface area contributed by atoms with Crippen LogP contribution in [0.2, 0.25) is 0 Å². The summed E-state index contributed by atoms with van der Waals surface area (Å²) in [7, 11) is 0. The fourth-order valence-electron chi connectivity index (χ4n) is 3.85. The summed E-state index contributed by atoms with van der Waals surface area (Å²) < 4.78 is 16.3. The molecule has 0 atom stereocenters. The van der Waals surface area contributed by atoms with Gasteiger partial charge in [-0.25, -0.2) is 4.98 Å². The number of aromatic nitrogens is 2. The van der Waals surface area contributed by atoms with Crippen LogP contribution in [0.1, 0.15) is 5.69 Å². The van der Waals surface area contributed by atoms with Crippen LogP contribution in [0.15, 0.2) is 54.6 Å². The molecule has 3 heterocycles. The molecule has 0 bridgehead atoms. The Bertz CT molecular complexity index is 1130. The highest BCUT2D eigenvalue weighted by Gasteiger charge is 2.20. The number of nitrogens with one attached hydrogen (secondary N) is 1. The lowest BCUT2D eigenvalue weighted by Crippen LogP contribution is -2.47. The lowest BCUT2D eigenvalue weighted by Gasteiger charge is -2.36. The second kappa shape index (κ2) is 9.23. The molecule has 1 N–H and O–H groups in total. The molecule has 2 aromatic carbocycles. The maximum Gasteiger partial charge on any atom is 0.262 e. The van der Waals surface area contributed by atoms with Gasteiger partial charge in [0.25, 0.3) is 5.91 Å². The van der Waals surface area contributed by atoms with Crippen LogP contribution in [0.5, 0.6) is 17.4 Å². The van der Waals surface area contributed by atoms with E-state index >= 15 is 0 Å². The maximum absolute atomic E-state index is 12.4. The van der Waals surface area contributed by atoms with Crippen LogP contribution in [-0.4, -0.2) is 55.5 Å². The van der Waals surface area contributed by atoms with Crippen LogP contribution in [-0.2, 0) is 4.79 Å². The third kappa shape index (κ3) is 4.92. The number of piperazine rings is 1. The van der Waals surface area contributed by atoms with E-state index in [1.54, 1.807) is 24.3 Å². The summed E-state index contributed by atoms with van der Waals surface area (Å²) in [5.41, 5.74) is 2.63. The third-order valence-electron chi connectivity index (χ3n) is 5.51. The van der Waals surface area contributed by atoms with Gasteiger partial charge in [-0.3, -0.25) is 4.79 Å². The number of rotatable bonds is 6. The molecule has 9 nitrogen and oxygen atoms in total. The van der Waals surface area contributed by atoms with E-state index in [0.29, 0.717) is 29.0 Å². The minimum Gasteiger partial charge on any atom is -0.467 e. The van der Waals surface area contributed by atoms with Crippen molar-refractivity contribution in [3.63, 3.8) is 0 Å². The number of hydrogen-bond donors (Lipinski definition) is 1. The van der Waals surface area contributed by atoms with Gasteiger partial charge in [0.05, 0.1) is 0 Å². The van der Waals surface area contributed by atoms with Crippen molar-refractivity contribution in [1.82, 2.24) is 9.97 Å². The van der Waals surface area contributed by atoms with Crippen molar-refractivity contribution < 1.29 is 19.0 Å². The number of aryl methyl sites for hydroxylation is 1. The molecule has 0 spiro atoms. The Labute approximate surface area is 191 Å². The lowest BCUT2D eigenvalue weighted by atomic mass is 10.2. The van der Waals surface area contributed by atoms with Gasteiger partial charge in [-0.15, -0.1) is 0 Å². The summed E-state index contributed by atoms with van der Waals surface area (Å²) in [5.74, 6) is 1.98. The summed E-state index contributed by atoms with van der Waals surface area (Å²) in [6.45, 7) is 5.30. The van der Waals surface area contributed by atoms with Gasteiger partial charge in [0, 0.05) is 55.4 Å².